The highest BCUT2D eigenvalue weighted by Gasteiger charge is 2.05. The standard InChI is InChI=1S/C11H11BrFN3/c1-7(2)11(6-14)16-15-10-4-3-8(12)5-9(10)13/h3-5,7,15H,1-2H3. The molecule has 0 aliphatic carbocycles. The van der Waals surface area contributed by atoms with Crippen molar-refractivity contribution in [2.75, 3.05) is 5.43 Å². The monoisotopic (exact) mass is 283 g/mol. The summed E-state index contributed by atoms with van der Waals surface area (Å²) in [6.07, 6.45) is 0. The highest BCUT2D eigenvalue weighted by atomic mass is 79.9. The maximum absolute atomic E-state index is 13.4. The van der Waals surface area contributed by atoms with E-state index < -0.39 is 5.82 Å². The van der Waals surface area contributed by atoms with Crippen LogP contribution in [0.1, 0.15) is 13.8 Å². The second kappa shape index (κ2) is 5.61. The van der Waals surface area contributed by atoms with Crippen LogP contribution in [-0.4, -0.2) is 5.71 Å². The van der Waals surface area contributed by atoms with Gasteiger partial charge in [0.2, 0.25) is 0 Å². The number of halogens is 2. The van der Waals surface area contributed by atoms with Gasteiger partial charge in [-0.1, -0.05) is 29.8 Å². The van der Waals surface area contributed by atoms with Gasteiger partial charge in [-0.05, 0) is 18.2 Å². The van der Waals surface area contributed by atoms with Crippen LogP contribution in [0.25, 0.3) is 0 Å². The smallest absolute Gasteiger partial charge is 0.149 e. The Balaban J connectivity index is 2.86. The molecule has 0 saturated carbocycles. The maximum atomic E-state index is 13.4. The highest BCUT2D eigenvalue weighted by molar-refractivity contribution is 9.10. The lowest BCUT2D eigenvalue weighted by Gasteiger charge is -2.05. The molecule has 84 valence electrons. The summed E-state index contributed by atoms with van der Waals surface area (Å²) in [5.74, 6) is -0.407. The number of nitrogens with one attached hydrogen (secondary N) is 1. The van der Waals surface area contributed by atoms with Crippen molar-refractivity contribution in [1.29, 1.82) is 5.26 Å². The fourth-order valence-corrected chi connectivity index (χ4v) is 1.32. The van der Waals surface area contributed by atoms with Gasteiger partial charge < -0.3 is 0 Å². The summed E-state index contributed by atoms with van der Waals surface area (Å²) in [4.78, 5) is 0. The van der Waals surface area contributed by atoms with E-state index in [1.807, 2.05) is 19.9 Å². The van der Waals surface area contributed by atoms with Crippen LogP contribution in [0.5, 0.6) is 0 Å². The second-order valence-electron chi connectivity index (χ2n) is 3.50. The van der Waals surface area contributed by atoms with Gasteiger partial charge in [-0.3, -0.25) is 5.43 Å². The Kier molecular flexibility index (Phi) is 4.44. The van der Waals surface area contributed by atoms with E-state index in [4.69, 9.17) is 5.26 Å². The fourth-order valence-electron chi connectivity index (χ4n) is 0.984. The molecule has 0 heterocycles. The van der Waals surface area contributed by atoms with E-state index >= 15 is 0 Å². The number of anilines is 1. The quantitative estimate of drug-likeness (QED) is 0.681. The predicted molar refractivity (Wildman–Crippen MR) is 65.6 cm³/mol. The van der Waals surface area contributed by atoms with Crippen molar-refractivity contribution in [3.05, 3.63) is 28.5 Å². The minimum Gasteiger partial charge on any atom is -0.275 e. The third-order valence-electron chi connectivity index (χ3n) is 1.89. The minimum absolute atomic E-state index is 0.0102. The van der Waals surface area contributed by atoms with Gasteiger partial charge in [0.25, 0.3) is 0 Å². The SMILES string of the molecule is CC(C)C(C#N)=NNc1ccc(Br)cc1F. The zero-order valence-corrected chi connectivity index (χ0v) is 10.5. The lowest BCUT2D eigenvalue weighted by atomic mass is 10.1. The Labute approximate surface area is 102 Å². The number of rotatable bonds is 3. The number of benzene rings is 1. The molecule has 0 spiro atoms. The molecule has 0 unspecified atom stereocenters. The zero-order valence-electron chi connectivity index (χ0n) is 8.96. The van der Waals surface area contributed by atoms with Crippen LogP contribution < -0.4 is 5.43 Å². The molecule has 0 atom stereocenters. The van der Waals surface area contributed by atoms with Gasteiger partial charge in [-0.25, -0.2) is 4.39 Å². The Hall–Kier alpha value is -1.41. The van der Waals surface area contributed by atoms with E-state index in [-0.39, 0.29) is 11.6 Å². The molecule has 1 N–H and O–H groups in total. The van der Waals surface area contributed by atoms with Crippen molar-refractivity contribution in [2.45, 2.75) is 13.8 Å². The number of nitrogens with zero attached hydrogens (tertiary/aromatic N) is 2. The summed E-state index contributed by atoms with van der Waals surface area (Å²) in [7, 11) is 0. The molecule has 0 bridgehead atoms. The number of hydrazone groups is 1. The lowest BCUT2D eigenvalue weighted by Crippen LogP contribution is -2.07. The van der Waals surface area contributed by atoms with Gasteiger partial charge in [0.05, 0.1) is 5.69 Å². The average Bonchev–Trinajstić information content (AvgIpc) is 2.21. The van der Waals surface area contributed by atoms with Crippen LogP contribution in [-0.2, 0) is 0 Å². The van der Waals surface area contributed by atoms with E-state index in [1.165, 1.54) is 6.07 Å². The second-order valence-corrected chi connectivity index (χ2v) is 4.42. The van der Waals surface area contributed by atoms with Crippen molar-refractivity contribution in [2.24, 2.45) is 11.0 Å². The van der Waals surface area contributed by atoms with Crippen molar-refractivity contribution in [3.8, 4) is 6.07 Å². The normalized spacial score (nSPS) is 11.4. The van der Waals surface area contributed by atoms with Crippen LogP contribution in [0.2, 0.25) is 0 Å². The predicted octanol–water partition coefficient (Wildman–Crippen LogP) is 3.54. The van der Waals surface area contributed by atoms with Crippen molar-refractivity contribution in [1.82, 2.24) is 0 Å². The van der Waals surface area contributed by atoms with Crippen LogP contribution >= 0.6 is 15.9 Å². The first-order valence-electron chi connectivity index (χ1n) is 4.73. The molecule has 0 aliphatic heterocycles. The molecular formula is C11H11BrFN3. The molecule has 16 heavy (non-hydrogen) atoms. The first-order valence-corrected chi connectivity index (χ1v) is 5.52. The van der Waals surface area contributed by atoms with E-state index in [0.29, 0.717) is 10.2 Å². The van der Waals surface area contributed by atoms with Gasteiger partial charge in [0.1, 0.15) is 17.6 Å². The summed E-state index contributed by atoms with van der Waals surface area (Å²) in [5, 5.41) is 12.6. The van der Waals surface area contributed by atoms with Crippen molar-refractivity contribution in [3.63, 3.8) is 0 Å². The maximum Gasteiger partial charge on any atom is 0.149 e. The minimum atomic E-state index is -0.417. The van der Waals surface area contributed by atoms with Gasteiger partial charge >= 0.3 is 0 Å². The van der Waals surface area contributed by atoms with Crippen LogP contribution in [0.15, 0.2) is 27.8 Å². The molecule has 0 radical (unpaired) electrons. The summed E-state index contributed by atoms with van der Waals surface area (Å²) in [5.41, 5.74) is 3.12. The summed E-state index contributed by atoms with van der Waals surface area (Å²) < 4.78 is 14.0. The molecule has 1 rings (SSSR count). The number of nitriles is 1. The van der Waals surface area contributed by atoms with E-state index in [9.17, 15) is 4.39 Å². The topological polar surface area (TPSA) is 48.2 Å². The largest absolute Gasteiger partial charge is 0.275 e. The summed E-state index contributed by atoms with van der Waals surface area (Å²) >= 11 is 3.16. The molecule has 1 aromatic rings. The molecule has 0 fully saturated rings. The summed E-state index contributed by atoms with van der Waals surface area (Å²) in [6.45, 7) is 3.70. The molecule has 1 aromatic carbocycles. The average molecular weight is 284 g/mol. The number of hydrogen-bond donors (Lipinski definition) is 1. The Morgan fingerprint density at radius 3 is 2.75 bits per heavy atom. The Morgan fingerprint density at radius 2 is 2.25 bits per heavy atom. The van der Waals surface area contributed by atoms with E-state index in [0.717, 1.165) is 0 Å². The van der Waals surface area contributed by atoms with Gasteiger partial charge in [-0.2, -0.15) is 10.4 Å². The first kappa shape index (κ1) is 12.7. The highest BCUT2D eigenvalue weighted by Crippen LogP contribution is 2.19. The first-order chi connectivity index (χ1) is 7.54. The molecule has 3 nitrogen and oxygen atoms in total. The molecule has 5 heteroatoms. The molecule has 0 aromatic heterocycles. The zero-order chi connectivity index (χ0) is 12.1. The van der Waals surface area contributed by atoms with E-state index in [2.05, 4.69) is 26.5 Å². The molecular weight excluding hydrogens is 273 g/mol. The lowest BCUT2D eigenvalue weighted by molar-refractivity contribution is 0.630. The van der Waals surface area contributed by atoms with Gasteiger partial charge in [0.15, 0.2) is 0 Å². The van der Waals surface area contributed by atoms with Crippen LogP contribution in [0.4, 0.5) is 10.1 Å². The van der Waals surface area contributed by atoms with Crippen molar-refractivity contribution < 1.29 is 4.39 Å². The number of hydrogen-bond acceptors (Lipinski definition) is 3. The van der Waals surface area contributed by atoms with Crippen LogP contribution in [0, 0.1) is 23.1 Å². The Morgan fingerprint density at radius 1 is 1.56 bits per heavy atom. The van der Waals surface area contributed by atoms with Crippen molar-refractivity contribution >= 4 is 27.3 Å². The summed E-state index contributed by atoms with van der Waals surface area (Å²) in [6, 6.07) is 6.54. The third kappa shape index (κ3) is 3.31. The Bertz CT molecular complexity index is 449. The third-order valence-corrected chi connectivity index (χ3v) is 2.38. The van der Waals surface area contributed by atoms with Crippen LogP contribution in [0.3, 0.4) is 0 Å². The molecule has 0 aliphatic rings. The fraction of sp³-hybridized carbons (Fsp3) is 0.273. The van der Waals surface area contributed by atoms with E-state index in [1.54, 1.807) is 12.1 Å². The molecule has 0 amide bonds. The van der Waals surface area contributed by atoms with Gasteiger partial charge in [0, 0.05) is 10.4 Å². The van der Waals surface area contributed by atoms with Gasteiger partial charge in [-0.15, -0.1) is 0 Å². The molecule has 0 saturated heterocycles.